The molecule has 0 radical (unpaired) electrons. The lowest BCUT2D eigenvalue weighted by atomic mass is 10.0. The first-order chi connectivity index (χ1) is 8.13. The molecule has 1 rings (SSSR count). The molecule has 0 heterocycles. The van der Waals surface area contributed by atoms with Gasteiger partial charge in [-0.05, 0) is 23.6 Å². The maximum Gasteiger partial charge on any atom is 0.235 e. The maximum atomic E-state index is 10.9. The molecular formula is C13H18ClNO2. The van der Waals surface area contributed by atoms with Gasteiger partial charge < -0.3 is 10.1 Å². The summed E-state index contributed by atoms with van der Waals surface area (Å²) in [5, 5.41) is 2.64. The lowest BCUT2D eigenvalue weighted by molar-refractivity contribution is -0.118. The molecule has 0 atom stereocenters. The Balaban J connectivity index is 2.36. The number of ether oxygens (including phenoxy) is 1. The minimum atomic E-state index is -0.175. The van der Waals surface area contributed by atoms with Gasteiger partial charge in [-0.3, -0.25) is 4.79 Å². The van der Waals surface area contributed by atoms with E-state index in [9.17, 15) is 4.79 Å². The van der Waals surface area contributed by atoms with Crippen molar-refractivity contribution in [1.82, 2.24) is 5.32 Å². The van der Waals surface area contributed by atoms with E-state index in [1.807, 2.05) is 18.2 Å². The minimum absolute atomic E-state index is 0.0111. The van der Waals surface area contributed by atoms with Crippen molar-refractivity contribution in [3.63, 3.8) is 0 Å². The van der Waals surface area contributed by atoms with Gasteiger partial charge in [0.15, 0.2) is 0 Å². The minimum Gasteiger partial charge on any atom is -0.492 e. The summed E-state index contributed by atoms with van der Waals surface area (Å²) in [5.74, 6) is 1.13. The first-order valence-electron chi connectivity index (χ1n) is 5.69. The van der Waals surface area contributed by atoms with Crippen molar-refractivity contribution in [3.05, 3.63) is 29.8 Å². The highest BCUT2D eigenvalue weighted by Gasteiger charge is 2.01. The van der Waals surface area contributed by atoms with E-state index in [1.165, 1.54) is 5.56 Å². The van der Waals surface area contributed by atoms with Gasteiger partial charge in [0.1, 0.15) is 18.2 Å². The summed E-state index contributed by atoms with van der Waals surface area (Å²) in [7, 11) is 0. The third kappa shape index (κ3) is 5.09. The molecule has 0 aliphatic carbocycles. The van der Waals surface area contributed by atoms with Crippen molar-refractivity contribution in [1.29, 1.82) is 0 Å². The van der Waals surface area contributed by atoms with Crippen molar-refractivity contribution in [2.24, 2.45) is 0 Å². The second-order valence-corrected chi connectivity index (χ2v) is 4.33. The largest absolute Gasteiger partial charge is 0.492 e. The molecule has 1 amide bonds. The molecule has 0 fully saturated rings. The van der Waals surface area contributed by atoms with Gasteiger partial charge in [-0.25, -0.2) is 0 Å². The molecule has 0 bridgehead atoms. The number of amides is 1. The standard InChI is InChI=1S/C13H18ClNO2/c1-10(2)11-4-3-5-12(8-11)17-7-6-15-13(16)9-14/h3-5,8,10H,6-7,9H2,1-2H3,(H,15,16). The molecule has 0 aliphatic rings. The smallest absolute Gasteiger partial charge is 0.235 e. The Morgan fingerprint density at radius 1 is 1.47 bits per heavy atom. The Hall–Kier alpha value is -1.22. The first kappa shape index (κ1) is 13.8. The van der Waals surface area contributed by atoms with E-state index in [4.69, 9.17) is 16.3 Å². The quantitative estimate of drug-likeness (QED) is 0.627. The Bertz CT molecular complexity index is 366. The zero-order valence-corrected chi connectivity index (χ0v) is 11.0. The van der Waals surface area contributed by atoms with Crippen LogP contribution in [0.5, 0.6) is 5.75 Å². The molecule has 0 saturated heterocycles. The number of rotatable bonds is 6. The number of nitrogens with one attached hydrogen (secondary N) is 1. The molecule has 0 spiro atoms. The lowest BCUT2D eigenvalue weighted by Gasteiger charge is -2.10. The van der Waals surface area contributed by atoms with Crippen LogP contribution in [0.2, 0.25) is 0 Å². The molecule has 0 aliphatic heterocycles. The van der Waals surface area contributed by atoms with E-state index < -0.39 is 0 Å². The van der Waals surface area contributed by atoms with E-state index in [0.717, 1.165) is 5.75 Å². The molecule has 4 heteroatoms. The van der Waals surface area contributed by atoms with Gasteiger partial charge in [-0.15, -0.1) is 11.6 Å². The zero-order chi connectivity index (χ0) is 12.7. The lowest BCUT2D eigenvalue weighted by Crippen LogP contribution is -2.28. The Labute approximate surface area is 107 Å². The Morgan fingerprint density at radius 2 is 2.24 bits per heavy atom. The average molecular weight is 256 g/mol. The SMILES string of the molecule is CC(C)c1cccc(OCCNC(=O)CCl)c1. The highest BCUT2D eigenvalue weighted by Crippen LogP contribution is 2.19. The molecule has 0 saturated carbocycles. The summed E-state index contributed by atoms with van der Waals surface area (Å²) < 4.78 is 5.53. The topological polar surface area (TPSA) is 38.3 Å². The molecule has 0 aromatic heterocycles. The maximum absolute atomic E-state index is 10.9. The summed E-state index contributed by atoms with van der Waals surface area (Å²) in [6.45, 7) is 5.20. The van der Waals surface area contributed by atoms with E-state index in [2.05, 4.69) is 25.2 Å². The second-order valence-electron chi connectivity index (χ2n) is 4.06. The number of hydrogen-bond acceptors (Lipinski definition) is 2. The fourth-order valence-corrected chi connectivity index (χ4v) is 1.46. The molecule has 0 unspecified atom stereocenters. The van der Waals surface area contributed by atoms with Gasteiger partial charge in [-0.2, -0.15) is 0 Å². The van der Waals surface area contributed by atoms with Crippen LogP contribution in [-0.4, -0.2) is 24.9 Å². The van der Waals surface area contributed by atoms with Gasteiger partial charge in [0.25, 0.3) is 0 Å². The van der Waals surface area contributed by atoms with Gasteiger partial charge in [0.2, 0.25) is 5.91 Å². The van der Waals surface area contributed by atoms with Gasteiger partial charge >= 0.3 is 0 Å². The van der Waals surface area contributed by atoms with Crippen LogP contribution in [0.1, 0.15) is 25.3 Å². The zero-order valence-electron chi connectivity index (χ0n) is 10.2. The van der Waals surface area contributed by atoms with E-state index in [0.29, 0.717) is 19.1 Å². The molecule has 17 heavy (non-hydrogen) atoms. The van der Waals surface area contributed by atoms with Crippen LogP contribution in [0.3, 0.4) is 0 Å². The van der Waals surface area contributed by atoms with Crippen molar-refractivity contribution in [3.8, 4) is 5.75 Å². The predicted molar refractivity (Wildman–Crippen MR) is 69.8 cm³/mol. The second kappa shape index (κ2) is 7.17. The average Bonchev–Trinajstić information content (AvgIpc) is 2.34. The van der Waals surface area contributed by atoms with Gasteiger partial charge in [0, 0.05) is 0 Å². The highest BCUT2D eigenvalue weighted by molar-refractivity contribution is 6.27. The molecular weight excluding hydrogens is 238 g/mol. The number of carbonyl (C=O) groups is 1. The van der Waals surface area contributed by atoms with Crippen LogP contribution in [0, 0.1) is 0 Å². The highest BCUT2D eigenvalue weighted by atomic mass is 35.5. The van der Waals surface area contributed by atoms with Crippen molar-refractivity contribution >= 4 is 17.5 Å². The van der Waals surface area contributed by atoms with E-state index in [1.54, 1.807) is 0 Å². The molecule has 3 nitrogen and oxygen atoms in total. The summed E-state index contributed by atoms with van der Waals surface area (Å²) >= 11 is 5.35. The van der Waals surface area contributed by atoms with Crippen LogP contribution in [0.4, 0.5) is 0 Å². The summed E-state index contributed by atoms with van der Waals surface area (Å²) in [5.41, 5.74) is 1.24. The van der Waals surface area contributed by atoms with Crippen molar-refractivity contribution in [2.45, 2.75) is 19.8 Å². The van der Waals surface area contributed by atoms with E-state index >= 15 is 0 Å². The van der Waals surface area contributed by atoms with Crippen LogP contribution in [0.25, 0.3) is 0 Å². The predicted octanol–water partition coefficient (Wildman–Crippen LogP) is 2.54. The van der Waals surface area contributed by atoms with Crippen LogP contribution < -0.4 is 10.1 Å². The summed E-state index contributed by atoms with van der Waals surface area (Å²) in [4.78, 5) is 10.9. The fourth-order valence-electron chi connectivity index (χ4n) is 1.37. The third-order valence-electron chi connectivity index (χ3n) is 2.34. The van der Waals surface area contributed by atoms with Crippen LogP contribution >= 0.6 is 11.6 Å². The molecule has 1 aromatic rings. The van der Waals surface area contributed by atoms with Crippen LogP contribution in [0.15, 0.2) is 24.3 Å². The molecule has 1 N–H and O–H groups in total. The molecule has 1 aromatic carbocycles. The summed E-state index contributed by atoms with van der Waals surface area (Å²) in [6, 6.07) is 7.98. The Kier molecular flexibility index (Phi) is 5.84. The fraction of sp³-hybridized carbons (Fsp3) is 0.462. The third-order valence-corrected chi connectivity index (χ3v) is 2.58. The van der Waals surface area contributed by atoms with Gasteiger partial charge in [-0.1, -0.05) is 26.0 Å². The van der Waals surface area contributed by atoms with E-state index in [-0.39, 0.29) is 11.8 Å². The first-order valence-corrected chi connectivity index (χ1v) is 6.22. The number of hydrogen-bond donors (Lipinski definition) is 1. The number of benzene rings is 1. The number of halogens is 1. The van der Waals surface area contributed by atoms with Crippen LogP contribution in [-0.2, 0) is 4.79 Å². The van der Waals surface area contributed by atoms with Crippen molar-refractivity contribution in [2.75, 3.05) is 19.0 Å². The molecule has 94 valence electrons. The number of alkyl halides is 1. The normalized spacial score (nSPS) is 10.4. The number of carbonyl (C=O) groups excluding carboxylic acids is 1. The Morgan fingerprint density at radius 3 is 2.88 bits per heavy atom. The monoisotopic (exact) mass is 255 g/mol. The van der Waals surface area contributed by atoms with Crippen molar-refractivity contribution < 1.29 is 9.53 Å². The van der Waals surface area contributed by atoms with Gasteiger partial charge in [0.05, 0.1) is 6.54 Å². The summed E-state index contributed by atoms with van der Waals surface area (Å²) in [6.07, 6.45) is 0.